The maximum absolute atomic E-state index is 13.1. The van der Waals surface area contributed by atoms with Crippen LogP contribution >= 0.6 is 0 Å². The summed E-state index contributed by atoms with van der Waals surface area (Å²) in [5, 5.41) is 7.27. The first kappa shape index (κ1) is 11.9. The molecule has 96 valence electrons. The molecule has 3 rings (SSSR count). The van der Waals surface area contributed by atoms with E-state index in [2.05, 4.69) is 10.2 Å². The van der Waals surface area contributed by atoms with E-state index in [4.69, 9.17) is 0 Å². The molecule has 0 fully saturated rings. The molecule has 1 heterocycles. The lowest BCUT2D eigenvalue weighted by molar-refractivity contribution is 0.591. The molecule has 0 spiro atoms. The average Bonchev–Trinajstić information content (AvgIpc) is 2.85. The van der Waals surface area contributed by atoms with Crippen LogP contribution in [-0.4, -0.2) is 18.6 Å². The Balaban J connectivity index is 2.18. The van der Waals surface area contributed by atoms with Crippen LogP contribution in [0.2, 0.25) is 0 Å². The summed E-state index contributed by atoms with van der Waals surface area (Å²) in [7, 11) is -3.71. The third-order valence-electron chi connectivity index (χ3n) is 2.83. The third kappa shape index (κ3) is 2.00. The highest BCUT2D eigenvalue weighted by atomic mass is 32.2. The lowest BCUT2D eigenvalue weighted by Crippen LogP contribution is -2.02. The van der Waals surface area contributed by atoms with Gasteiger partial charge < -0.3 is 0 Å². The number of rotatable bonds is 2. The van der Waals surface area contributed by atoms with Crippen molar-refractivity contribution in [1.82, 2.24) is 10.2 Å². The fourth-order valence-electron chi connectivity index (χ4n) is 1.86. The number of benzene rings is 2. The van der Waals surface area contributed by atoms with Crippen LogP contribution in [0, 0.1) is 5.82 Å². The van der Waals surface area contributed by atoms with Gasteiger partial charge in [-0.15, -0.1) is 0 Å². The van der Waals surface area contributed by atoms with Gasteiger partial charge in [0.2, 0.25) is 9.84 Å². The summed E-state index contributed by atoms with van der Waals surface area (Å²) < 4.78 is 37.8. The number of aromatic amines is 1. The van der Waals surface area contributed by atoms with Crippen LogP contribution in [0.25, 0.3) is 10.9 Å². The van der Waals surface area contributed by atoms with Crippen LogP contribution < -0.4 is 0 Å². The van der Waals surface area contributed by atoms with E-state index in [1.54, 1.807) is 12.3 Å². The molecule has 0 atom stereocenters. The molecule has 0 saturated heterocycles. The summed E-state index contributed by atoms with van der Waals surface area (Å²) in [5.41, 5.74) is 0.748. The van der Waals surface area contributed by atoms with Crippen molar-refractivity contribution in [1.29, 1.82) is 0 Å². The predicted molar refractivity (Wildman–Crippen MR) is 67.9 cm³/mol. The van der Waals surface area contributed by atoms with Crippen molar-refractivity contribution in [2.45, 2.75) is 9.79 Å². The first-order valence-corrected chi connectivity index (χ1v) is 6.99. The molecule has 0 bridgehead atoms. The second kappa shape index (κ2) is 4.17. The maximum Gasteiger partial charge on any atom is 0.206 e. The molecule has 0 radical (unpaired) electrons. The fourth-order valence-corrected chi connectivity index (χ4v) is 3.19. The molecule has 1 N–H and O–H groups in total. The largest absolute Gasteiger partial charge is 0.278 e. The second-order valence-electron chi connectivity index (χ2n) is 4.08. The smallest absolute Gasteiger partial charge is 0.206 e. The Bertz CT molecular complexity index is 856. The van der Waals surface area contributed by atoms with Gasteiger partial charge in [-0.05, 0) is 36.4 Å². The molecule has 0 amide bonds. The molecule has 0 unspecified atom stereocenters. The quantitative estimate of drug-likeness (QED) is 0.782. The molecule has 4 nitrogen and oxygen atoms in total. The number of hydrogen-bond donors (Lipinski definition) is 1. The lowest BCUT2D eigenvalue weighted by Gasteiger charge is -2.04. The van der Waals surface area contributed by atoms with E-state index in [1.807, 2.05) is 0 Å². The minimum atomic E-state index is -3.71. The number of fused-ring (bicyclic) bond motifs is 1. The molecule has 0 aliphatic carbocycles. The molecule has 3 aromatic rings. The summed E-state index contributed by atoms with van der Waals surface area (Å²) in [5.74, 6) is -0.578. The Hall–Kier alpha value is -2.21. The molecule has 2 aromatic carbocycles. The van der Waals surface area contributed by atoms with Crippen LogP contribution in [0.15, 0.2) is 58.5 Å². The van der Waals surface area contributed by atoms with Gasteiger partial charge >= 0.3 is 0 Å². The van der Waals surface area contributed by atoms with Crippen LogP contribution in [0.3, 0.4) is 0 Å². The zero-order chi connectivity index (χ0) is 13.5. The Morgan fingerprint density at radius 2 is 1.84 bits per heavy atom. The van der Waals surface area contributed by atoms with E-state index in [0.29, 0.717) is 5.39 Å². The van der Waals surface area contributed by atoms with Gasteiger partial charge in [-0.1, -0.05) is 6.07 Å². The Morgan fingerprint density at radius 1 is 1.05 bits per heavy atom. The topological polar surface area (TPSA) is 62.8 Å². The van der Waals surface area contributed by atoms with Crippen molar-refractivity contribution < 1.29 is 12.8 Å². The number of hydrogen-bond acceptors (Lipinski definition) is 3. The Kier molecular flexibility index (Phi) is 2.60. The summed E-state index contributed by atoms with van der Waals surface area (Å²) in [4.78, 5) is 0.0577. The van der Waals surface area contributed by atoms with E-state index in [1.165, 1.54) is 30.3 Å². The number of aromatic nitrogens is 2. The van der Waals surface area contributed by atoms with Crippen molar-refractivity contribution in [3.05, 3.63) is 54.5 Å². The molecule has 6 heteroatoms. The summed E-state index contributed by atoms with van der Waals surface area (Å²) in [6.07, 6.45) is 1.54. The fraction of sp³-hybridized carbons (Fsp3) is 0. The molecule has 1 aromatic heterocycles. The van der Waals surface area contributed by atoms with Gasteiger partial charge in [0.05, 0.1) is 21.5 Å². The molecule has 0 saturated carbocycles. The zero-order valence-electron chi connectivity index (χ0n) is 9.67. The normalized spacial score (nSPS) is 11.8. The third-order valence-corrected chi connectivity index (χ3v) is 4.58. The van der Waals surface area contributed by atoms with E-state index >= 15 is 0 Å². The minimum Gasteiger partial charge on any atom is -0.278 e. The lowest BCUT2D eigenvalue weighted by atomic mass is 10.3. The van der Waals surface area contributed by atoms with E-state index in [0.717, 1.165) is 11.6 Å². The van der Waals surface area contributed by atoms with Gasteiger partial charge in [-0.25, -0.2) is 12.8 Å². The predicted octanol–water partition coefficient (Wildman–Crippen LogP) is 2.53. The van der Waals surface area contributed by atoms with Crippen molar-refractivity contribution in [3.8, 4) is 0 Å². The standard InChI is InChI=1S/C13H9FN2O2S/c14-10-2-1-3-11(7-10)19(17,18)12-4-5-13-9(6-12)8-15-16-13/h1-8H,(H,15,16). The van der Waals surface area contributed by atoms with Crippen LogP contribution in [0.4, 0.5) is 4.39 Å². The zero-order valence-corrected chi connectivity index (χ0v) is 10.5. The van der Waals surface area contributed by atoms with Crippen molar-refractivity contribution in [2.75, 3.05) is 0 Å². The molecule has 19 heavy (non-hydrogen) atoms. The summed E-state index contributed by atoms with van der Waals surface area (Å²) in [6.45, 7) is 0. The van der Waals surface area contributed by atoms with Crippen molar-refractivity contribution >= 4 is 20.7 Å². The SMILES string of the molecule is O=S(=O)(c1cccc(F)c1)c1ccc2[nH]ncc2c1. The minimum absolute atomic E-state index is 0.0599. The van der Waals surface area contributed by atoms with Gasteiger partial charge in [0.15, 0.2) is 0 Å². The van der Waals surface area contributed by atoms with Crippen molar-refractivity contribution in [3.63, 3.8) is 0 Å². The molecular weight excluding hydrogens is 267 g/mol. The first-order valence-electron chi connectivity index (χ1n) is 5.51. The monoisotopic (exact) mass is 276 g/mol. The van der Waals surface area contributed by atoms with Crippen LogP contribution in [-0.2, 0) is 9.84 Å². The highest BCUT2D eigenvalue weighted by Crippen LogP contribution is 2.24. The number of nitrogens with one attached hydrogen (secondary N) is 1. The van der Waals surface area contributed by atoms with E-state index in [-0.39, 0.29) is 9.79 Å². The van der Waals surface area contributed by atoms with Crippen LogP contribution in [0.5, 0.6) is 0 Å². The van der Waals surface area contributed by atoms with Gasteiger partial charge in [-0.2, -0.15) is 5.10 Å². The summed E-state index contributed by atoms with van der Waals surface area (Å²) in [6, 6.07) is 9.58. The molecule has 0 aliphatic rings. The van der Waals surface area contributed by atoms with Gasteiger partial charge in [0.25, 0.3) is 0 Å². The average molecular weight is 276 g/mol. The molecule has 0 aliphatic heterocycles. The Morgan fingerprint density at radius 3 is 2.63 bits per heavy atom. The van der Waals surface area contributed by atoms with E-state index < -0.39 is 15.7 Å². The van der Waals surface area contributed by atoms with E-state index in [9.17, 15) is 12.8 Å². The van der Waals surface area contributed by atoms with Crippen molar-refractivity contribution in [2.24, 2.45) is 0 Å². The first-order chi connectivity index (χ1) is 9.07. The Labute approximate surface area is 108 Å². The number of nitrogens with zero attached hydrogens (tertiary/aromatic N) is 1. The number of sulfone groups is 1. The van der Waals surface area contributed by atoms with Crippen LogP contribution in [0.1, 0.15) is 0 Å². The number of halogens is 1. The summed E-state index contributed by atoms with van der Waals surface area (Å²) >= 11 is 0. The highest BCUT2D eigenvalue weighted by Gasteiger charge is 2.18. The van der Waals surface area contributed by atoms with Gasteiger partial charge in [-0.3, -0.25) is 5.10 Å². The second-order valence-corrected chi connectivity index (χ2v) is 6.03. The van der Waals surface area contributed by atoms with Gasteiger partial charge in [0, 0.05) is 5.39 Å². The maximum atomic E-state index is 13.1. The number of H-pyrrole nitrogens is 1. The highest BCUT2D eigenvalue weighted by molar-refractivity contribution is 7.91. The van der Waals surface area contributed by atoms with Gasteiger partial charge in [0.1, 0.15) is 5.82 Å². The molecular formula is C13H9FN2O2S.